The van der Waals surface area contributed by atoms with Gasteiger partial charge in [-0.2, -0.15) is 16.9 Å². The third kappa shape index (κ3) is 6.72. The Morgan fingerprint density at radius 3 is 2.50 bits per heavy atom. The van der Waals surface area contributed by atoms with Crippen molar-refractivity contribution in [2.75, 3.05) is 43.3 Å². The molecule has 2 fully saturated rings. The number of ether oxygens (including phenoxy) is 3. The van der Waals surface area contributed by atoms with E-state index in [2.05, 4.69) is 0 Å². The van der Waals surface area contributed by atoms with Gasteiger partial charge >= 0.3 is 6.09 Å². The summed E-state index contributed by atoms with van der Waals surface area (Å²) in [6.45, 7) is 4.04. The van der Waals surface area contributed by atoms with E-state index in [0.717, 1.165) is 65.7 Å². The Labute approximate surface area is 240 Å². The molecule has 0 N–H and O–H groups in total. The minimum atomic E-state index is -0.377. The van der Waals surface area contributed by atoms with Gasteiger partial charge in [0.05, 0.1) is 37.8 Å². The SMILES string of the molecule is CCOC(=O)N(c1ccc(CN2N=C(c3ccc(OC)c(OC4CCCC4)c3)CCC2=O)cc1)N1CCSCC1. The zero-order valence-electron chi connectivity index (χ0n) is 23.3. The standard InChI is InChI=1S/C30H38N4O5S/c1-3-38-30(36)34(32-16-18-40-19-17-32)24-11-8-22(9-12-24)21-33-29(35)15-13-26(31-33)23-10-14-27(37-2)28(20-23)39-25-6-4-5-7-25/h8-12,14,20,25H,3-7,13,15-19,21H2,1-2H3. The second-order valence-electron chi connectivity index (χ2n) is 10.1. The van der Waals surface area contributed by atoms with Gasteiger partial charge in [0.15, 0.2) is 11.5 Å². The first-order valence-corrected chi connectivity index (χ1v) is 15.3. The molecule has 2 aromatic rings. The summed E-state index contributed by atoms with van der Waals surface area (Å²) in [5.74, 6) is 3.36. The van der Waals surface area contributed by atoms with Gasteiger partial charge in [-0.1, -0.05) is 12.1 Å². The van der Waals surface area contributed by atoms with Crippen molar-refractivity contribution in [3.05, 3.63) is 53.6 Å². The number of carbonyl (C=O) groups is 2. The molecule has 2 heterocycles. The lowest BCUT2D eigenvalue weighted by Gasteiger charge is -2.36. The molecule has 1 saturated heterocycles. The number of hydrogen-bond donors (Lipinski definition) is 0. The molecule has 0 bridgehead atoms. The Morgan fingerprint density at radius 1 is 1.05 bits per heavy atom. The normalized spacial score (nSPS) is 18.4. The highest BCUT2D eigenvalue weighted by Gasteiger charge is 2.27. The van der Waals surface area contributed by atoms with Gasteiger partial charge < -0.3 is 14.2 Å². The number of carbonyl (C=O) groups excluding carboxylic acids is 2. The highest BCUT2D eigenvalue weighted by molar-refractivity contribution is 7.99. The molecule has 0 aromatic heterocycles. The first-order chi connectivity index (χ1) is 19.6. The molecule has 2 aromatic carbocycles. The predicted molar refractivity (Wildman–Crippen MR) is 157 cm³/mol. The molecule has 2 amide bonds. The van der Waals surface area contributed by atoms with Crippen molar-refractivity contribution in [2.45, 2.75) is 58.1 Å². The molecular weight excluding hydrogens is 528 g/mol. The van der Waals surface area contributed by atoms with E-state index in [1.54, 1.807) is 17.1 Å². The van der Waals surface area contributed by atoms with E-state index >= 15 is 0 Å². The molecule has 2 aliphatic heterocycles. The number of nitrogens with zero attached hydrogens (tertiary/aromatic N) is 4. The summed E-state index contributed by atoms with van der Waals surface area (Å²) >= 11 is 1.88. The number of benzene rings is 2. The molecule has 1 aliphatic carbocycles. The van der Waals surface area contributed by atoms with Gasteiger partial charge in [-0.15, -0.1) is 0 Å². The maximum absolute atomic E-state index is 12.8. The molecule has 0 spiro atoms. The van der Waals surface area contributed by atoms with Crippen molar-refractivity contribution in [1.82, 2.24) is 10.0 Å². The molecular formula is C30H38N4O5S. The maximum Gasteiger partial charge on any atom is 0.429 e. The fourth-order valence-electron chi connectivity index (χ4n) is 5.30. The van der Waals surface area contributed by atoms with Crippen LogP contribution in [0, 0.1) is 0 Å². The molecule has 0 radical (unpaired) electrons. The van der Waals surface area contributed by atoms with E-state index in [1.165, 1.54) is 12.8 Å². The highest BCUT2D eigenvalue weighted by Crippen LogP contribution is 2.33. The summed E-state index contributed by atoms with van der Waals surface area (Å²) in [5.41, 5.74) is 3.47. The fourth-order valence-corrected chi connectivity index (χ4v) is 6.19. The van der Waals surface area contributed by atoms with Gasteiger partial charge in [0.25, 0.3) is 0 Å². The number of thioether (sulfide) groups is 1. The first-order valence-electron chi connectivity index (χ1n) is 14.2. The number of hydrazine groups is 1. The molecule has 9 nitrogen and oxygen atoms in total. The average molecular weight is 567 g/mol. The predicted octanol–water partition coefficient (Wildman–Crippen LogP) is 5.47. The Hall–Kier alpha value is -3.24. The van der Waals surface area contributed by atoms with E-state index < -0.39 is 0 Å². The largest absolute Gasteiger partial charge is 0.493 e. The topological polar surface area (TPSA) is 83.9 Å². The van der Waals surface area contributed by atoms with Crippen LogP contribution < -0.4 is 14.5 Å². The number of hydrogen-bond acceptors (Lipinski definition) is 8. The molecule has 5 rings (SSSR count). The van der Waals surface area contributed by atoms with E-state index in [9.17, 15) is 9.59 Å². The minimum Gasteiger partial charge on any atom is -0.493 e. The zero-order chi connectivity index (χ0) is 27.9. The van der Waals surface area contributed by atoms with Crippen LogP contribution in [0.1, 0.15) is 56.6 Å². The summed E-state index contributed by atoms with van der Waals surface area (Å²) < 4.78 is 17.2. The van der Waals surface area contributed by atoms with Gasteiger partial charge in [0.2, 0.25) is 5.91 Å². The van der Waals surface area contributed by atoms with Gasteiger partial charge in [-0.25, -0.2) is 19.8 Å². The van der Waals surface area contributed by atoms with Crippen molar-refractivity contribution in [3.8, 4) is 11.5 Å². The van der Waals surface area contributed by atoms with Crippen LogP contribution in [-0.2, 0) is 16.1 Å². The summed E-state index contributed by atoms with van der Waals surface area (Å²) in [7, 11) is 1.65. The second kappa shape index (κ2) is 13.4. The minimum absolute atomic E-state index is 0.0114. The van der Waals surface area contributed by atoms with E-state index in [1.807, 2.05) is 66.2 Å². The zero-order valence-corrected chi connectivity index (χ0v) is 24.2. The Bertz CT molecular complexity index is 1210. The van der Waals surface area contributed by atoms with Crippen molar-refractivity contribution < 1.29 is 23.8 Å². The van der Waals surface area contributed by atoms with Crippen LogP contribution in [0.5, 0.6) is 11.5 Å². The third-order valence-electron chi connectivity index (χ3n) is 7.42. The summed E-state index contributed by atoms with van der Waals surface area (Å²) in [6, 6.07) is 13.6. The van der Waals surface area contributed by atoms with Gasteiger partial charge in [-0.3, -0.25) is 4.79 Å². The van der Waals surface area contributed by atoms with Crippen molar-refractivity contribution >= 4 is 35.2 Å². The number of amides is 2. The van der Waals surface area contributed by atoms with Crippen LogP contribution in [0.4, 0.5) is 10.5 Å². The summed E-state index contributed by atoms with van der Waals surface area (Å²) in [6.07, 6.45) is 5.31. The van der Waals surface area contributed by atoms with Gasteiger partial charge in [0.1, 0.15) is 0 Å². The highest BCUT2D eigenvalue weighted by atomic mass is 32.2. The van der Waals surface area contributed by atoms with Crippen molar-refractivity contribution in [2.24, 2.45) is 5.10 Å². The summed E-state index contributed by atoms with van der Waals surface area (Å²) in [5, 5.41) is 9.96. The van der Waals surface area contributed by atoms with Crippen molar-refractivity contribution in [3.63, 3.8) is 0 Å². The maximum atomic E-state index is 12.8. The molecule has 10 heteroatoms. The van der Waals surface area contributed by atoms with Crippen LogP contribution >= 0.6 is 11.8 Å². The lowest BCUT2D eigenvalue weighted by Crippen LogP contribution is -2.50. The first kappa shape index (κ1) is 28.3. The van der Waals surface area contributed by atoms with Crippen LogP contribution in [0.15, 0.2) is 47.6 Å². The summed E-state index contributed by atoms with van der Waals surface area (Å²) in [4.78, 5) is 25.6. The third-order valence-corrected chi connectivity index (χ3v) is 8.36. The van der Waals surface area contributed by atoms with Crippen LogP contribution in [-0.4, -0.2) is 72.1 Å². The van der Waals surface area contributed by atoms with Crippen LogP contribution in [0.25, 0.3) is 0 Å². The fraction of sp³-hybridized carbons (Fsp3) is 0.500. The van der Waals surface area contributed by atoms with E-state index in [0.29, 0.717) is 31.7 Å². The Balaban J connectivity index is 1.32. The molecule has 3 aliphatic rings. The molecule has 1 saturated carbocycles. The van der Waals surface area contributed by atoms with E-state index in [-0.39, 0.29) is 18.1 Å². The van der Waals surface area contributed by atoms with Crippen LogP contribution in [0.3, 0.4) is 0 Å². The number of methoxy groups -OCH3 is 1. The molecule has 40 heavy (non-hydrogen) atoms. The Morgan fingerprint density at radius 2 is 1.80 bits per heavy atom. The van der Waals surface area contributed by atoms with Gasteiger partial charge in [-0.05, 0) is 68.5 Å². The Kier molecular flexibility index (Phi) is 9.49. The number of hydrazone groups is 1. The monoisotopic (exact) mass is 566 g/mol. The lowest BCUT2D eigenvalue weighted by atomic mass is 10.0. The quantitative estimate of drug-likeness (QED) is 0.398. The lowest BCUT2D eigenvalue weighted by molar-refractivity contribution is -0.132. The second-order valence-corrected chi connectivity index (χ2v) is 11.4. The molecule has 0 unspecified atom stereocenters. The number of anilines is 1. The average Bonchev–Trinajstić information content (AvgIpc) is 3.49. The molecule has 214 valence electrons. The van der Waals surface area contributed by atoms with E-state index in [4.69, 9.17) is 19.3 Å². The van der Waals surface area contributed by atoms with Crippen molar-refractivity contribution in [1.29, 1.82) is 0 Å². The number of rotatable bonds is 9. The smallest absolute Gasteiger partial charge is 0.429 e. The molecule has 0 atom stereocenters. The van der Waals surface area contributed by atoms with Gasteiger partial charge in [0, 0.05) is 43.0 Å². The van der Waals surface area contributed by atoms with Crippen LogP contribution in [0.2, 0.25) is 0 Å².